The van der Waals surface area contributed by atoms with Crippen LogP contribution < -0.4 is 19.7 Å². The summed E-state index contributed by atoms with van der Waals surface area (Å²) in [6.45, 7) is 8.34. The average Bonchev–Trinajstić information content (AvgIpc) is 2.88. The van der Waals surface area contributed by atoms with Gasteiger partial charge < -0.3 is 24.6 Å². The molecule has 3 aromatic rings. The van der Waals surface area contributed by atoms with Gasteiger partial charge in [-0.15, -0.1) is 0 Å². The number of likely N-dealkylation sites (N-methyl/N-ethyl adjacent to an activating group) is 1. The van der Waals surface area contributed by atoms with E-state index in [1.165, 1.54) is 0 Å². The summed E-state index contributed by atoms with van der Waals surface area (Å²) in [6, 6.07) is 23.5. The summed E-state index contributed by atoms with van der Waals surface area (Å²) in [5.74, 6) is 2.07. The van der Waals surface area contributed by atoms with Crippen LogP contribution >= 0.6 is 0 Å². The van der Waals surface area contributed by atoms with Crippen molar-refractivity contribution in [1.82, 2.24) is 10.2 Å². The molecular formula is C28H35N3O3. The molecule has 0 unspecified atom stereocenters. The van der Waals surface area contributed by atoms with Gasteiger partial charge in [-0.25, -0.2) is 0 Å². The number of rotatable bonds is 12. The molecule has 0 aliphatic rings. The van der Waals surface area contributed by atoms with Crippen LogP contribution in [0.2, 0.25) is 0 Å². The van der Waals surface area contributed by atoms with Gasteiger partial charge in [0.2, 0.25) is 0 Å². The number of methoxy groups -OCH3 is 1. The fraction of sp³-hybridized carbons (Fsp3) is 0.321. The second-order valence-corrected chi connectivity index (χ2v) is 8.08. The lowest BCUT2D eigenvalue weighted by molar-refractivity contribution is 0.0946. The maximum atomic E-state index is 12.7. The van der Waals surface area contributed by atoms with Crippen molar-refractivity contribution in [3.63, 3.8) is 0 Å². The van der Waals surface area contributed by atoms with Gasteiger partial charge in [-0.05, 0) is 55.1 Å². The van der Waals surface area contributed by atoms with Crippen molar-refractivity contribution in [2.75, 3.05) is 45.2 Å². The second kappa shape index (κ2) is 12.7. The van der Waals surface area contributed by atoms with Crippen molar-refractivity contribution in [1.29, 1.82) is 0 Å². The molecule has 34 heavy (non-hydrogen) atoms. The van der Waals surface area contributed by atoms with Crippen molar-refractivity contribution in [3.8, 4) is 17.2 Å². The average molecular weight is 462 g/mol. The number of ether oxygens (including phenoxy) is 2. The molecule has 0 aromatic heterocycles. The van der Waals surface area contributed by atoms with Crippen LogP contribution in [0.5, 0.6) is 17.2 Å². The van der Waals surface area contributed by atoms with Gasteiger partial charge in [0.15, 0.2) is 0 Å². The lowest BCUT2D eigenvalue weighted by Crippen LogP contribution is -2.34. The molecule has 3 rings (SSSR count). The summed E-state index contributed by atoms with van der Waals surface area (Å²) in [6.07, 6.45) is 0. The Hall–Kier alpha value is -3.51. The molecule has 0 spiro atoms. The van der Waals surface area contributed by atoms with E-state index in [1.807, 2.05) is 67.7 Å². The molecule has 0 fully saturated rings. The van der Waals surface area contributed by atoms with Crippen LogP contribution in [-0.4, -0.2) is 51.1 Å². The van der Waals surface area contributed by atoms with Gasteiger partial charge in [0.1, 0.15) is 17.2 Å². The van der Waals surface area contributed by atoms with Crippen molar-refractivity contribution in [2.24, 2.45) is 0 Å². The van der Waals surface area contributed by atoms with Gasteiger partial charge in [0.25, 0.3) is 5.91 Å². The van der Waals surface area contributed by atoms with Crippen LogP contribution in [-0.2, 0) is 6.54 Å². The van der Waals surface area contributed by atoms with Crippen LogP contribution in [0.25, 0.3) is 0 Å². The van der Waals surface area contributed by atoms with Crippen molar-refractivity contribution < 1.29 is 14.3 Å². The highest BCUT2D eigenvalue weighted by molar-refractivity contribution is 5.97. The number of anilines is 1. The Balaban J connectivity index is 1.60. The van der Waals surface area contributed by atoms with E-state index < -0.39 is 0 Å². The largest absolute Gasteiger partial charge is 0.496 e. The Labute approximate surface area is 203 Å². The van der Waals surface area contributed by atoms with Crippen molar-refractivity contribution in [3.05, 3.63) is 83.9 Å². The molecule has 0 aliphatic heterocycles. The number of para-hydroxylation sites is 1. The predicted molar refractivity (Wildman–Crippen MR) is 138 cm³/mol. The van der Waals surface area contributed by atoms with E-state index in [2.05, 4.69) is 41.1 Å². The van der Waals surface area contributed by atoms with Crippen molar-refractivity contribution >= 4 is 11.6 Å². The van der Waals surface area contributed by atoms with Crippen molar-refractivity contribution in [2.45, 2.75) is 20.4 Å². The first kappa shape index (κ1) is 25.1. The molecular weight excluding hydrogens is 426 g/mol. The summed E-state index contributed by atoms with van der Waals surface area (Å²) in [5.41, 5.74) is 2.67. The second-order valence-electron chi connectivity index (χ2n) is 8.08. The van der Waals surface area contributed by atoms with E-state index in [9.17, 15) is 4.79 Å². The van der Waals surface area contributed by atoms with Crippen LogP contribution in [0.3, 0.4) is 0 Å². The highest BCUT2D eigenvalue weighted by Gasteiger charge is 2.14. The van der Waals surface area contributed by atoms with Gasteiger partial charge in [0, 0.05) is 38.4 Å². The Kier molecular flexibility index (Phi) is 9.35. The number of hydrogen-bond acceptors (Lipinski definition) is 5. The fourth-order valence-corrected chi connectivity index (χ4v) is 3.72. The maximum Gasteiger partial charge on any atom is 0.255 e. The normalized spacial score (nSPS) is 10.7. The molecule has 0 heterocycles. The van der Waals surface area contributed by atoms with E-state index in [0.29, 0.717) is 24.4 Å². The smallest absolute Gasteiger partial charge is 0.255 e. The minimum atomic E-state index is -0.118. The fourth-order valence-electron chi connectivity index (χ4n) is 3.72. The van der Waals surface area contributed by atoms with Gasteiger partial charge in [-0.1, -0.05) is 44.2 Å². The monoisotopic (exact) mass is 461 g/mol. The zero-order chi connectivity index (χ0) is 24.3. The van der Waals surface area contributed by atoms with Crippen LogP contribution in [0.15, 0.2) is 72.8 Å². The molecule has 0 saturated heterocycles. The van der Waals surface area contributed by atoms with Gasteiger partial charge in [-0.3, -0.25) is 4.79 Å². The predicted octanol–water partition coefficient (Wildman–Crippen LogP) is 5.20. The summed E-state index contributed by atoms with van der Waals surface area (Å²) >= 11 is 0. The van der Waals surface area contributed by atoms with E-state index in [-0.39, 0.29) is 5.91 Å². The Morgan fingerprint density at radius 2 is 1.59 bits per heavy atom. The van der Waals surface area contributed by atoms with Gasteiger partial charge >= 0.3 is 0 Å². The van der Waals surface area contributed by atoms with Gasteiger partial charge in [-0.2, -0.15) is 0 Å². The highest BCUT2D eigenvalue weighted by Crippen LogP contribution is 2.27. The summed E-state index contributed by atoms with van der Waals surface area (Å²) < 4.78 is 11.4. The third-order valence-corrected chi connectivity index (χ3v) is 5.80. The SMILES string of the molecule is CCN(CC)CCNC(=O)c1ccc(N(C)Cc2ccc(Oc3ccccc3)cc2)cc1OC. The zero-order valence-corrected chi connectivity index (χ0v) is 20.6. The molecule has 6 nitrogen and oxygen atoms in total. The van der Waals surface area contributed by atoms with E-state index in [0.717, 1.165) is 42.4 Å². The molecule has 3 aromatic carbocycles. The number of hydrogen-bond donors (Lipinski definition) is 1. The molecule has 1 amide bonds. The van der Waals surface area contributed by atoms with Crippen LogP contribution in [0.1, 0.15) is 29.8 Å². The number of carbonyl (C=O) groups is 1. The quantitative estimate of drug-likeness (QED) is 0.402. The zero-order valence-electron chi connectivity index (χ0n) is 20.6. The molecule has 1 N–H and O–H groups in total. The maximum absolute atomic E-state index is 12.7. The minimum Gasteiger partial charge on any atom is -0.496 e. The minimum absolute atomic E-state index is 0.118. The number of carbonyl (C=O) groups excluding carboxylic acids is 1. The lowest BCUT2D eigenvalue weighted by Gasteiger charge is -2.21. The van der Waals surface area contributed by atoms with E-state index >= 15 is 0 Å². The molecule has 0 bridgehead atoms. The molecule has 6 heteroatoms. The Morgan fingerprint density at radius 1 is 0.912 bits per heavy atom. The Morgan fingerprint density at radius 3 is 2.24 bits per heavy atom. The number of nitrogens with one attached hydrogen (secondary N) is 1. The Bertz CT molecular complexity index is 1030. The third kappa shape index (κ3) is 6.99. The summed E-state index contributed by atoms with van der Waals surface area (Å²) in [7, 11) is 3.62. The molecule has 0 aliphatic carbocycles. The van der Waals surface area contributed by atoms with Crippen LogP contribution in [0, 0.1) is 0 Å². The first-order valence-electron chi connectivity index (χ1n) is 11.8. The van der Waals surface area contributed by atoms with Gasteiger partial charge in [0.05, 0.1) is 12.7 Å². The van der Waals surface area contributed by atoms with Crippen LogP contribution in [0.4, 0.5) is 5.69 Å². The van der Waals surface area contributed by atoms with E-state index in [1.54, 1.807) is 7.11 Å². The summed E-state index contributed by atoms with van der Waals surface area (Å²) in [4.78, 5) is 17.1. The molecule has 180 valence electrons. The lowest BCUT2D eigenvalue weighted by atomic mass is 10.1. The molecule has 0 radical (unpaired) electrons. The molecule has 0 atom stereocenters. The first-order chi connectivity index (χ1) is 16.5. The highest BCUT2D eigenvalue weighted by atomic mass is 16.5. The number of benzene rings is 3. The number of amides is 1. The first-order valence-corrected chi connectivity index (χ1v) is 11.8. The summed E-state index contributed by atoms with van der Waals surface area (Å²) in [5, 5.41) is 3.00. The third-order valence-electron chi connectivity index (χ3n) is 5.80. The molecule has 0 saturated carbocycles. The number of nitrogens with zero attached hydrogens (tertiary/aromatic N) is 2. The topological polar surface area (TPSA) is 54.0 Å². The van der Waals surface area contributed by atoms with E-state index in [4.69, 9.17) is 9.47 Å². The standard InChI is InChI=1S/C28H35N3O3/c1-5-31(6-2)19-18-29-28(32)26-17-14-23(20-27(26)33-4)30(3)21-22-12-15-25(16-13-22)34-24-10-8-7-9-11-24/h7-17,20H,5-6,18-19,21H2,1-4H3,(H,29,32).